The van der Waals surface area contributed by atoms with Gasteiger partial charge in [0.05, 0.1) is 0 Å². The van der Waals surface area contributed by atoms with Crippen molar-refractivity contribution in [2.45, 2.75) is 0 Å². The molecule has 0 aromatic heterocycles. The molecule has 1 atom stereocenters. The van der Waals surface area contributed by atoms with Crippen molar-refractivity contribution in [3.8, 4) is 0 Å². The van der Waals surface area contributed by atoms with Gasteiger partial charge in [0.1, 0.15) is 0 Å². The second-order valence-corrected chi connectivity index (χ2v) is 1.93. The van der Waals surface area contributed by atoms with Crippen molar-refractivity contribution < 1.29 is 0 Å². The molecule has 0 saturated heterocycles. The summed E-state index contributed by atoms with van der Waals surface area (Å²) in [6.07, 6.45) is 0. The monoisotopic (exact) mass is 289 g/mol. The van der Waals surface area contributed by atoms with Gasteiger partial charge in [-0.1, -0.05) is 0 Å². The standard InChI is InChI=1S/3Cl2HN.H3P/c3*1-3-2;/h3*3H;1H3. The molecule has 0 aromatic carbocycles. The lowest BCUT2D eigenvalue weighted by molar-refractivity contribution is 1.69. The molecular formula is H6Cl6N3P. The highest BCUT2D eigenvalue weighted by Crippen LogP contribution is 1.57. The summed E-state index contributed by atoms with van der Waals surface area (Å²) < 4.78 is 5.08. The van der Waals surface area contributed by atoms with Gasteiger partial charge < -0.3 is 0 Å². The molecule has 0 amide bonds. The highest BCUT2D eigenvalue weighted by Gasteiger charge is 1.35. The zero-order valence-electron chi connectivity index (χ0n) is 4.47. The Morgan fingerprint density at radius 3 is 0.500 bits per heavy atom. The summed E-state index contributed by atoms with van der Waals surface area (Å²) in [6.45, 7) is 0. The van der Waals surface area contributed by atoms with Gasteiger partial charge in [-0.25, -0.2) is 0 Å². The van der Waals surface area contributed by atoms with Crippen molar-refractivity contribution >= 4 is 80.6 Å². The Hall–Kier alpha value is 2.05. The fourth-order valence-corrected chi connectivity index (χ4v) is 0. The van der Waals surface area contributed by atoms with E-state index in [1.807, 2.05) is 0 Å². The zero-order valence-corrected chi connectivity index (χ0v) is 10.4. The van der Waals surface area contributed by atoms with Crippen LogP contribution in [0.15, 0.2) is 0 Å². The molecule has 0 rings (SSSR count). The van der Waals surface area contributed by atoms with Crippen LogP contribution in [0.5, 0.6) is 0 Å². The van der Waals surface area contributed by atoms with Gasteiger partial charge in [-0.15, -0.1) is 13.1 Å². The smallest absolute Gasteiger partial charge is 0.00838 e. The van der Waals surface area contributed by atoms with Crippen molar-refractivity contribution in [1.29, 1.82) is 0 Å². The van der Waals surface area contributed by atoms with Crippen molar-refractivity contribution in [1.82, 2.24) is 13.1 Å². The fourth-order valence-electron chi connectivity index (χ4n) is 0. The van der Waals surface area contributed by atoms with Gasteiger partial charge in [-0.2, -0.15) is 9.90 Å². The van der Waals surface area contributed by atoms with Crippen LogP contribution in [0.3, 0.4) is 0 Å². The summed E-state index contributed by atoms with van der Waals surface area (Å²) in [5.74, 6) is 0. The molecule has 3 N–H and O–H groups in total. The third kappa shape index (κ3) is 196. The summed E-state index contributed by atoms with van der Waals surface area (Å²) >= 11 is 27.1. The predicted octanol–water partition coefficient (Wildman–Crippen LogP) is 2.71. The first-order valence-electron chi connectivity index (χ1n) is 1.13. The molecule has 0 aliphatic carbocycles. The normalized spacial score (nSPS) is 5.40. The molecule has 3 nitrogen and oxygen atoms in total. The van der Waals surface area contributed by atoms with Crippen LogP contribution in [0.25, 0.3) is 0 Å². The summed E-state index contributed by atoms with van der Waals surface area (Å²) in [6, 6.07) is 0. The average molecular weight is 292 g/mol. The zero-order chi connectivity index (χ0) is 8.12. The fraction of sp³-hybridized carbons (Fsp3) is 0. The number of rotatable bonds is 0. The third-order valence-electron chi connectivity index (χ3n) is 0. The van der Waals surface area contributed by atoms with Gasteiger partial charge in [-0.3, -0.25) is 0 Å². The van der Waals surface area contributed by atoms with Gasteiger partial charge >= 0.3 is 0 Å². The van der Waals surface area contributed by atoms with E-state index in [2.05, 4.69) is 70.7 Å². The van der Waals surface area contributed by atoms with E-state index < -0.39 is 0 Å². The van der Waals surface area contributed by atoms with E-state index in [1.165, 1.54) is 0 Å². The minimum absolute atomic E-state index is 0. The van der Waals surface area contributed by atoms with Crippen LogP contribution in [-0.2, 0) is 0 Å². The van der Waals surface area contributed by atoms with Crippen LogP contribution in [0, 0.1) is 0 Å². The van der Waals surface area contributed by atoms with E-state index in [4.69, 9.17) is 0 Å². The molecule has 68 valence electrons. The molecule has 0 aromatic rings. The summed E-state index contributed by atoms with van der Waals surface area (Å²) in [7, 11) is 0. The number of nitrogens with one attached hydrogen (secondary N) is 3. The molecule has 0 saturated carbocycles. The van der Waals surface area contributed by atoms with E-state index in [0.29, 0.717) is 0 Å². The van der Waals surface area contributed by atoms with Gasteiger partial charge in [0.25, 0.3) is 0 Å². The Morgan fingerprint density at radius 1 is 0.500 bits per heavy atom. The molecule has 10 heavy (non-hydrogen) atoms. The minimum Gasteiger partial charge on any atom is -0.153 e. The van der Waals surface area contributed by atoms with Crippen LogP contribution < -0.4 is 13.1 Å². The first kappa shape index (κ1) is 22.7. The Morgan fingerprint density at radius 2 is 0.500 bits per heavy atom. The molecule has 0 fully saturated rings. The van der Waals surface area contributed by atoms with Crippen molar-refractivity contribution in [3.05, 3.63) is 0 Å². The number of hydrogen-bond donors (Lipinski definition) is 3. The van der Waals surface area contributed by atoms with Crippen molar-refractivity contribution in [3.63, 3.8) is 0 Å². The third-order valence-corrected chi connectivity index (χ3v) is 0. The highest BCUT2D eigenvalue weighted by atomic mass is 35.6. The Bertz CT molecular complexity index is 17.7. The lowest BCUT2D eigenvalue weighted by Gasteiger charge is -1.49. The molecule has 0 aliphatic heterocycles. The maximum absolute atomic E-state index is 4.51. The van der Waals surface area contributed by atoms with Crippen LogP contribution in [0.2, 0.25) is 0 Å². The molecule has 0 bridgehead atoms. The molecule has 0 heterocycles. The first-order chi connectivity index (χ1) is 4.24. The minimum atomic E-state index is 0. The molecule has 1 unspecified atom stereocenters. The SMILES string of the molecule is ClNCl.ClNCl.ClNCl.P. The Labute approximate surface area is 93.3 Å². The maximum Gasteiger partial charge on any atom is -0.00838 e. The van der Waals surface area contributed by atoms with Gasteiger partial charge in [-0.05, 0) is 70.7 Å². The topological polar surface area (TPSA) is 36.1 Å². The Balaban J connectivity index is -0.0000000257. The van der Waals surface area contributed by atoms with E-state index in [0.717, 1.165) is 0 Å². The highest BCUT2D eigenvalue weighted by molar-refractivity contribution is 6.92. The molecule has 0 radical (unpaired) electrons. The lowest BCUT2D eigenvalue weighted by Crippen LogP contribution is -1.59. The largest absolute Gasteiger partial charge is 0.153 e. The first-order valence-corrected chi connectivity index (χ1v) is 3.40. The lowest BCUT2D eigenvalue weighted by atomic mass is 13.9. The summed E-state index contributed by atoms with van der Waals surface area (Å²) in [5, 5.41) is 0. The van der Waals surface area contributed by atoms with Crippen molar-refractivity contribution in [2.24, 2.45) is 0 Å². The van der Waals surface area contributed by atoms with Gasteiger partial charge in [0, 0.05) is 0 Å². The van der Waals surface area contributed by atoms with E-state index in [-0.39, 0.29) is 9.90 Å². The summed E-state index contributed by atoms with van der Waals surface area (Å²) in [4.78, 5) is 0. The summed E-state index contributed by atoms with van der Waals surface area (Å²) in [5.41, 5.74) is 0. The van der Waals surface area contributed by atoms with E-state index >= 15 is 0 Å². The molecular weight excluding hydrogens is 286 g/mol. The van der Waals surface area contributed by atoms with Gasteiger partial charge in [0.2, 0.25) is 0 Å². The molecule has 10 heteroatoms. The van der Waals surface area contributed by atoms with Crippen LogP contribution in [0.1, 0.15) is 0 Å². The van der Waals surface area contributed by atoms with E-state index in [9.17, 15) is 0 Å². The number of halogens is 6. The maximum atomic E-state index is 4.51. The van der Waals surface area contributed by atoms with Crippen LogP contribution in [0.4, 0.5) is 0 Å². The predicted molar refractivity (Wildman–Crippen MR) is 55.6 cm³/mol. The molecule has 0 aliphatic rings. The second kappa shape index (κ2) is 43.8. The van der Waals surface area contributed by atoms with Crippen LogP contribution >= 0.6 is 80.6 Å². The number of hydrogen-bond acceptors (Lipinski definition) is 3. The van der Waals surface area contributed by atoms with Crippen molar-refractivity contribution in [2.75, 3.05) is 0 Å². The Kier molecular flexibility index (Phi) is 99.4. The second-order valence-electron chi connectivity index (χ2n) is 0.214. The molecule has 0 spiro atoms. The quantitative estimate of drug-likeness (QED) is 0.474. The van der Waals surface area contributed by atoms with E-state index in [1.54, 1.807) is 13.1 Å². The van der Waals surface area contributed by atoms with Gasteiger partial charge in [0.15, 0.2) is 0 Å². The van der Waals surface area contributed by atoms with Crippen LogP contribution in [-0.4, -0.2) is 0 Å². The average Bonchev–Trinajstić information content (AvgIpc) is 1.70.